The number of anilines is 1. The van der Waals surface area contributed by atoms with Gasteiger partial charge in [0, 0.05) is 11.4 Å². The molecule has 1 heterocycles. The van der Waals surface area contributed by atoms with E-state index < -0.39 is 6.10 Å². The SMILES string of the molecule is Cc1cc(C)n(-c2cccc(NC(=O)CC(O)C(C)C)c2)n1. The number of aryl methyl sites for hydroxylation is 2. The Hall–Kier alpha value is -2.14. The molecule has 0 saturated carbocycles. The molecule has 1 unspecified atom stereocenters. The molecule has 2 rings (SSSR count). The molecule has 1 aromatic heterocycles. The molecule has 0 aliphatic heterocycles. The smallest absolute Gasteiger partial charge is 0.226 e. The van der Waals surface area contributed by atoms with Crippen molar-refractivity contribution in [2.45, 2.75) is 40.2 Å². The van der Waals surface area contributed by atoms with Gasteiger partial charge in [-0.3, -0.25) is 4.79 Å². The molecule has 2 aromatic rings. The van der Waals surface area contributed by atoms with E-state index in [0.717, 1.165) is 17.1 Å². The molecule has 0 aliphatic carbocycles. The molecule has 1 amide bonds. The van der Waals surface area contributed by atoms with Crippen molar-refractivity contribution >= 4 is 11.6 Å². The summed E-state index contributed by atoms with van der Waals surface area (Å²) in [6, 6.07) is 9.52. The summed E-state index contributed by atoms with van der Waals surface area (Å²) in [4.78, 5) is 12.0. The molecule has 0 aliphatic rings. The van der Waals surface area contributed by atoms with Crippen molar-refractivity contribution in [3.05, 3.63) is 41.7 Å². The first-order valence-electron chi connectivity index (χ1n) is 7.48. The van der Waals surface area contributed by atoms with E-state index in [1.807, 2.05) is 62.7 Å². The summed E-state index contributed by atoms with van der Waals surface area (Å²) < 4.78 is 1.84. The number of carbonyl (C=O) groups is 1. The van der Waals surface area contributed by atoms with E-state index in [1.54, 1.807) is 0 Å². The first-order chi connectivity index (χ1) is 10.4. The van der Waals surface area contributed by atoms with E-state index >= 15 is 0 Å². The van der Waals surface area contributed by atoms with Crippen LogP contribution in [0, 0.1) is 19.8 Å². The van der Waals surface area contributed by atoms with Crippen molar-refractivity contribution in [3.63, 3.8) is 0 Å². The van der Waals surface area contributed by atoms with Gasteiger partial charge in [0.15, 0.2) is 0 Å². The van der Waals surface area contributed by atoms with Gasteiger partial charge < -0.3 is 10.4 Å². The lowest BCUT2D eigenvalue weighted by Crippen LogP contribution is -2.23. The summed E-state index contributed by atoms with van der Waals surface area (Å²) in [6.45, 7) is 7.72. The topological polar surface area (TPSA) is 67.2 Å². The van der Waals surface area contributed by atoms with E-state index in [1.165, 1.54) is 0 Å². The zero-order valence-electron chi connectivity index (χ0n) is 13.5. The highest BCUT2D eigenvalue weighted by Gasteiger charge is 2.14. The molecule has 5 heteroatoms. The Morgan fingerprint density at radius 3 is 2.64 bits per heavy atom. The van der Waals surface area contributed by atoms with Crippen LogP contribution in [0.15, 0.2) is 30.3 Å². The molecular weight excluding hydrogens is 278 g/mol. The highest BCUT2D eigenvalue weighted by molar-refractivity contribution is 5.91. The maximum Gasteiger partial charge on any atom is 0.226 e. The maximum atomic E-state index is 12.0. The quantitative estimate of drug-likeness (QED) is 0.892. The highest BCUT2D eigenvalue weighted by Crippen LogP contribution is 2.17. The van der Waals surface area contributed by atoms with Crippen molar-refractivity contribution in [1.29, 1.82) is 0 Å². The van der Waals surface area contributed by atoms with Crippen LogP contribution in [0.4, 0.5) is 5.69 Å². The van der Waals surface area contributed by atoms with Crippen LogP contribution in [-0.2, 0) is 4.79 Å². The summed E-state index contributed by atoms with van der Waals surface area (Å²) in [7, 11) is 0. The average Bonchev–Trinajstić information content (AvgIpc) is 2.77. The number of aromatic nitrogens is 2. The van der Waals surface area contributed by atoms with Crippen LogP contribution in [0.3, 0.4) is 0 Å². The molecule has 0 spiro atoms. The second-order valence-electron chi connectivity index (χ2n) is 5.95. The Kier molecular flexibility index (Phi) is 4.98. The number of benzene rings is 1. The number of hydrogen-bond acceptors (Lipinski definition) is 3. The summed E-state index contributed by atoms with van der Waals surface area (Å²) in [5.41, 5.74) is 3.59. The lowest BCUT2D eigenvalue weighted by Gasteiger charge is -2.14. The van der Waals surface area contributed by atoms with Crippen LogP contribution in [0.25, 0.3) is 5.69 Å². The van der Waals surface area contributed by atoms with Gasteiger partial charge >= 0.3 is 0 Å². The average molecular weight is 301 g/mol. The normalized spacial score (nSPS) is 12.5. The fraction of sp³-hybridized carbons (Fsp3) is 0.412. The van der Waals surface area contributed by atoms with Gasteiger partial charge in [0.05, 0.1) is 23.9 Å². The summed E-state index contributed by atoms with van der Waals surface area (Å²) in [5, 5.41) is 17.0. The van der Waals surface area contributed by atoms with Crippen LogP contribution in [-0.4, -0.2) is 26.9 Å². The molecule has 1 atom stereocenters. The molecule has 0 bridgehead atoms. The molecule has 1 aromatic carbocycles. The molecule has 0 saturated heterocycles. The Morgan fingerprint density at radius 2 is 2.05 bits per heavy atom. The molecule has 118 valence electrons. The summed E-state index contributed by atoms with van der Waals surface area (Å²) in [5.74, 6) is -0.126. The lowest BCUT2D eigenvalue weighted by molar-refractivity contribution is -0.118. The Labute approximate surface area is 131 Å². The number of nitrogens with one attached hydrogen (secondary N) is 1. The first kappa shape index (κ1) is 16.2. The largest absolute Gasteiger partial charge is 0.392 e. The third-order valence-corrected chi connectivity index (χ3v) is 3.55. The number of carbonyl (C=O) groups excluding carboxylic acids is 1. The fourth-order valence-electron chi connectivity index (χ4n) is 2.24. The standard InChI is InChI=1S/C17H23N3O2/c1-11(2)16(21)10-17(22)18-14-6-5-7-15(9-14)20-13(4)8-12(3)19-20/h5-9,11,16,21H,10H2,1-4H3,(H,18,22). The number of amides is 1. The van der Waals surface area contributed by atoms with Gasteiger partial charge in [-0.1, -0.05) is 19.9 Å². The van der Waals surface area contributed by atoms with Crippen LogP contribution in [0.5, 0.6) is 0 Å². The van der Waals surface area contributed by atoms with Crippen molar-refractivity contribution in [1.82, 2.24) is 9.78 Å². The molecule has 5 nitrogen and oxygen atoms in total. The lowest BCUT2D eigenvalue weighted by atomic mass is 10.0. The summed E-state index contributed by atoms with van der Waals surface area (Å²) >= 11 is 0. The minimum atomic E-state index is -0.626. The van der Waals surface area contributed by atoms with E-state index in [-0.39, 0.29) is 18.2 Å². The second-order valence-corrected chi connectivity index (χ2v) is 5.95. The molecule has 0 radical (unpaired) electrons. The number of rotatable bonds is 5. The van der Waals surface area contributed by atoms with Crippen molar-refractivity contribution in [2.75, 3.05) is 5.32 Å². The van der Waals surface area contributed by atoms with Gasteiger partial charge in [-0.25, -0.2) is 4.68 Å². The molecule has 0 fully saturated rings. The van der Waals surface area contributed by atoms with Crippen LogP contribution in [0.1, 0.15) is 31.7 Å². The van der Waals surface area contributed by atoms with E-state index in [0.29, 0.717) is 5.69 Å². The van der Waals surface area contributed by atoms with Gasteiger partial charge in [-0.2, -0.15) is 5.10 Å². The van der Waals surface area contributed by atoms with E-state index in [9.17, 15) is 9.90 Å². The van der Waals surface area contributed by atoms with Gasteiger partial charge in [0.2, 0.25) is 5.91 Å². The predicted molar refractivity (Wildman–Crippen MR) is 87.1 cm³/mol. The Balaban J connectivity index is 2.12. The molecule has 22 heavy (non-hydrogen) atoms. The number of nitrogens with zero attached hydrogens (tertiary/aromatic N) is 2. The second kappa shape index (κ2) is 6.75. The van der Waals surface area contributed by atoms with E-state index in [4.69, 9.17) is 0 Å². The van der Waals surface area contributed by atoms with Crippen LogP contribution in [0.2, 0.25) is 0 Å². The third kappa shape index (κ3) is 3.95. The number of aliphatic hydroxyl groups excluding tert-OH is 1. The monoisotopic (exact) mass is 301 g/mol. The van der Waals surface area contributed by atoms with Crippen molar-refractivity contribution in [2.24, 2.45) is 5.92 Å². The third-order valence-electron chi connectivity index (χ3n) is 3.55. The van der Waals surface area contributed by atoms with Gasteiger partial charge in [-0.15, -0.1) is 0 Å². The molecular formula is C17H23N3O2. The highest BCUT2D eigenvalue weighted by atomic mass is 16.3. The minimum absolute atomic E-state index is 0.0618. The number of aliphatic hydroxyl groups is 1. The van der Waals surface area contributed by atoms with Gasteiger partial charge in [0.25, 0.3) is 0 Å². The van der Waals surface area contributed by atoms with Crippen molar-refractivity contribution in [3.8, 4) is 5.69 Å². The first-order valence-corrected chi connectivity index (χ1v) is 7.48. The minimum Gasteiger partial charge on any atom is -0.392 e. The Morgan fingerprint density at radius 1 is 1.32 bits per heavy atom. The predicted octanol–water partition coefficient (Wildman–Crippen LogP) is 2.83. The molecule has 2 N–H and O–H groups in total. The van der Waals surface area contributed by atoms with Crippen molar-refractivity contribution < 1.29 is 9.90 Å². The Bertz CT molecular complexity index is 662. The number of hydrogen-bond donors (Lipinski definition) is 2. The van der Waals surface area contributed by atoms with Crippen LogP contribution < -0.4 is 5.32 Å². The van der Waals surface area contributed by atoms with Crippen LogP contribution >= 0.6 is 0 Å². The zero-order valence-corrected chi connectivity index (χ0v) is 13.5. The zero-order chi connectivity index (χ0) is 16.3. The van der Waals surface area contributed by atoms with E-state index in [2.05, 4.69) is 10.4 Å². The van der Waals surface area contributed by atoms with Gasteiger partial charge in [-0.05, 0) is 44.0 Å². The maximum absolute atomic E-state index is 12.0. The van der Waals surface area contributed by atoms with Gasteiger partial charge in [0.1, 0.15) is 0 Å². The summed E-state index contributed by atoms with van der Waals surface area (Å²) in [6.07, 6.45) is -0.527. The fourth-order valence-corrected chi connectivity index (χ4v) is 2.24.